The molecule has 1 aromatic rings. The van der Waals surface area contributed by atoms with E-state index in [2.05, 4.69) is 15.4 Å². The maximum absolute atomic E-state index is 13.5. The SMILES string of the molecule is N#C[C@@H]1C[C@@H](F)CN1C(=O)CNC1CC2(Cn3cncn3)CCCC1C2. The first-order valence-electron chi connectivity index (χ1n) is 9.47. The second-order valence-electron chi connectivity index (χ2n) is 8.16. The fourth-order valence-electron chi connectivity index (χ4n) is 5.27. The van der Waals surface area contributed by atoms with Crippen molar-refractivity contribution in [3.8, 4) is 6.07 Å². The number of fused-ring (bicyclic) bond motifs is 2. The molecule has 4 rings (SSSR count). The molecule has 140 valence electrons. The molecule has 2 heterocycles. The minimum absolute atomic E-state index is 0.0447. The fraction of sp³-hybridized carbons (Fsp3) is 0.778. The summed E-state index contributed by atoms with van der Waals surface area (Å²) >= 11 is 0. The van der Waals surface area contributed by atoms with E-state index in [1.807, 2.05) is 10.8 Å². The Balaban J connectivity index is 1.35. The summed E-state index contributed by atoms with van der Waals surface area (Å²) in [4.78, 5) is 17.9. The Labute approximate surface area is 152 Å². The van der Waals surface area contributed by atoms with E-state index in [4.69, 9.17) is 5.26 Å². The van der Waals surface area contributed by atoms with Gasteiger partial charge >= 0.3 is 0 Å². The lowest BCUT2D eigenvalue weighted by Crippen LogP contribution is -2.44. The Bertz CT molecular complexity index is 688. The number of amides is 1. The molecule has 1 aromatic heterocycles. The molecule has 3 unspecified atom stereocenters. The highest BCUT2D eigenvalue weighted by molar-refractivity contribution is 5.79. The van der Waals surface area contributed by atoms with Gasteiger partial charge in [-0.2, -0.15) is 10.4 Å². The van der Waals surface area contributed by atoms with Gasteiger partial charge in [0.05, 0.1) is 19.2 Å². The molecule has 0 spiro atoms. The van der Waals surface area contributed by atoms with Gasteiger partial charge in [-0.15, -0.1) is 0 Å². The third-order valence-electron chi connectivity index (χ3n) is 6.40. The number of nitriles is 1. The molecule has 1 aliphatic heterocycles. The summed E-state index contributed by atoms with van der Waals surface area (Å²) in [7, 11) is 0. The molecule has 0 radical (unpaired) electrons. The number of nitrogens with one attached hydrogen (secondary N) is 1. The summed E-state index contributed by atoms with van der Waals surface area (Å²) in [5, 5.41) is 16.8. The molecule has 8 heteroatoms. The van der Waals surface area contributed by atoms with Crippen molar-refractivity contribution in [2.75, 3.05) is 13.1 Å². The molecule has 7 nitrogen and oxygen atoms in total. The number of halogens is 1. The normalized spacial score (nSPS) is 36.2. The van der Waals surface area contributed by atoms with Crippen LogP contribution in [0.4, 0.5) is 4.39 Å². The first-order chi connectivity index (χ1) is 12.6. The molecule has 1 saturated heterocycles. The van der Waals surface area contributed by atoms with Gasteiger partial charge in [0.2, 0.25) is 5.91 Å². The zero-order valence-electron chi connectivity index (χ0n) is 14.9. The van der Waals surface area contributed by atoms with Crippen LogP contribution in [0.5, 0.6) is 0 Å². The fourth-order valence-corrected chi connectivity index (χ4v) is 5.27. The number of carbonyl (C=O) groups is 1. The number of alkyl halides is 1. The van der Waals surface area contributed by atoms with E-state index in [0.29, 0.717) is 12.0 Å². The van der Waals surface area contributed by atoms with Crippen LogP contribution < -0.4 is 5.32 Å². The Kier molecular flexibility index (Phi) is 4.65. The number of nitrogens with zero attached hydrogens (tertiary/aromatic N) is 5. The number of hydrogen-bond donors (Lipinski definition) is 1. The van der Waals surface area contributed by atoms with Crippen LogP contribution in [-0.4, -0.2) is 56.9 Å². The van der Waals surface area contributed by atoms with E-state index in [9.17, 15) is 9.18 Å². The van der Waals surface area contributed by atoms with Gasteiger partial charge in [-0.3, -0.25) is 9.48 Å². The first-order valence-corrected chi connectivity index (χ1v) is 9.47. The van der Waals surface area contributed by atoms with Crippen molar-refractivity contribution in [3.63, 3.8) is 0 Å². The smallest absolute Gasteiger partial charge is 0.237 e. The lowest BCUT2D eigenvalue weighted by Gasteiger charge is -2.32. The van der Waals surface area contributed by atoms with E-state index in [0.717, 1.165) is 19.4 Å². The van der Waals surface area contributed by atoms with Crippen LogP contribution in [0.15, 0.2) is 12.7 Å². The summed E-state index contributed by atoms with van der Waals surface area (Å²) in [6.45, 7) is 1.11. The lowest BCUT2D eigenvalue weighted by molar-refractivity contribution is -0.130. The third-order valence-corrected chi connectivity index (χ3v) is 6.40. The van der Waals surface area contributed by atoms with Gasteiger partial charge in [-0.05, 0) is 37.0 Å². The van der Waals surface area contributed by atoms with Gasteiger partial charge in [-0.1, -0.05) is 6.42 Å². The number of aromatic nitrogens is 3. The number of rotatable bonds is 5. The predicted molar refractivity (Wildman–Crippen MR) is 91.4 cm³/mol. The average Bonchev–Trinajstić information content (AvgIpc) is 3.32. The highest BCUT2D eigenvalue weighted by atomic mass is 19.1. The van der Waals surface area contributed by atoms with Crippen molar-refractivity contribution in [2.45, 2.75) is 63.3 Å². The lowest BCUT2D eigenvalue weighted by atomic mass is 9.76. The Morgan fingerprint density at radius 2 is 2.35 bits per heavy atom. The average molecular weight is 360 g/mol. The topological polar surface area (TPSA) is 86.8 Å². The maximum atomic E-state index is 13.5. The van der Waals surface area contributed by atoms with Crippen LogP contribution in [0.2, 0.25) is 0 Å². The summed E-state index contributed by atoms with van der Waals surface area (Å²) in [5.74, 6) is 0.405. The van der Waals surface area contributed by atoms with Crippen molar-refractivity contribution in [2.24, 2.45) is 11.3 Å². The minimum Gasteiger partial charge on any atom is -0.323 e. The molecule has 3 aliphatic rings. The Morgan fingerprint density at radius 3 is 3.12 bits per heavy atom. The molecule has 1 N–H and O–H groups in total. The summed E-state index contributed by atoms with van der Waals surface area (Å²) in [5.41, 5.74) is 0.226. The zero-order chi connectivity index (χ0) is 18.1. The Morgan fingerprint density at radius 1 is 1.46 bits per heavy atom. The minimum atomic E-state index is -1.08. The van der Waals surface area contributed by atoms with E-state index >= 15 is 0 Å². The van der Waals surface area contributed by atoms with Crippen LogP contribution in [0.1, 0.15) is 38.5 Å². The van der Waals surface area contributed by atoms with E-state index < -0.39 is 12.2 Å². The molecular formula is C18H25FN6O. The summed E-state index contributed by atoms with van der Waals surface area (Å²) < 4.78 is 15.5. The van der Waals surface area contributed by atoms with Crippen LogP contribution in [0, 0.1) is 22.7 Å². The first kappa shape index (κ1) is 17.4. The number of likely N-dealkylation sites (tertiary alicyclic amines) is 1. The van der Waals surface area contributed by atoms with E-state index in [1.54, 1.807) is 12.7 Å². The molecule has 2 aliphatic carbocycles. The molecular weight excluding hydrogens is 335 g/mol. The van der Waals surface area contributed by atoms with Gasteiger partial charge in [0, 0.05) is 19.0 Å². The third kappa shape index (κ3) is 3.32. The molecule has 26 heavy (non-hydrogen) atoms. The van der Waals surface area contributed by atoms with Crippen molar-refractivity contribution < 1.29 is 9.18 Å². The van der Waals surface area contributed by atoms with Crippen LogP contribution in [0.25, 0.3) is 0 Å². The molecule has 5 atom stereocenters. The molecule has 3 fully saturated rings. The summed E-state index contributed by atoms with van der Waals surface area (Å²) in [6, 6.07) is 1.72. The highest BCUT2D eigenvalue weighted by Crippen LogP contribution is 2.52. The summed E-state index contributed by atoms with van der Waals surface area (Å²) in [6.07, 6.45) is 8.14. The molecule has 1 amide bonds. The second kappa shape index (κ2) is 6.95. The van der Waals surface area contributed by atoms with Gasteiger partial charge in [-0.25, -0.2) is 9.37 Å². The van der Waals surface area contributed by atoms with Crippen molar-refractivity contribution >= 4 is 5.91 Å². The highest BCUT2D eigenvalue weighted by Gasteiger charge is 2.48. The van der Waals surface area contributed by atoms with Gasteiger partial charge in [0.15, 0.2) is 0 Å². The quantitative estimate of drug-likeness (QED) is 0.855. The molecule has 2 bridgehead atoms. The van der Waals surface area contributed by atoms with Crippen molar-refractivity contribution in [1.82, 2.24) is 25.0 Å². The standard InChI is InChI=1S/C18H25FN6O/c19-14-4-15(7-20)25(9-14)17(26)8-22-16-6-18(3-1-2-13(16)5-18)10-24-12-21-11-23-24/h11-16,22H,1-6,8-10H2/t13?,14-,15+,16?,18?/m1/s1. The van der Waals surface area contributed by atoms with Crippen LogP contribution in [-0.2, 0) is 11.3 Å². The monoisotopic (exact) mass is 360 g/mol. The van der Waals surface area contributed by atoms with Gasteiger partial charge in [0.1, 0.15) is 24.9 Å². The van der Waals surface area contributed by atoms with E-state index in [-0.39, 0.29) is 30.8 Å². The molecule has 0 aromatic carbocycles. The number of hydrogen-bond acceptors (Lipinski definition) is 5. The van der Waals surface area contributed by atoms with Crippen LogP contribution in [0.3, 0.4) is 0 Å². The van der Waals surface area contributed by atoms with Gasteiger partial charge < -0.3 is 10.2 Å². The zero-order valence-corrected chi connectivity index (χ0v) is 14.9. The second-order valence-corrected chi connectivity index (χ2v) is 8.16. The predicted octanol–water partition coefficient (Wildman–Crippen LogP) is 1.28. The van der Waals surface area contributed by atoms with Crippen LogP contribution >= 0.6 is 0 Å². The van der Waals surface area contributed by atoms with Crippen molar-refractivity contribution in [3.05, 3.63) is 12.7 Å². The largest absolute Gasteiger partial charge is 0.323 e. The Hall–Kier alpha value is -2.01. The van der Waals surface area contributed by atoms with E-state index in [1.165, 1.54) is 24.2 Å². The number of carbonyl (C=O) groups excluding carboxylic acids is 1. The van der Waals surface area contributed by atoms with Gasteiger partial charge in [0.25, 0.3) is 0 Å². The van der Waals surface area contributed by atoms with Crippen molar-refractivity contribution in [1.29, 1.82) is 5.26 Å². The maximum Gasteiger partial charge on any atom is 0.237 e. The molecule has 2 saturated carbocycles.